The van der Waals surface area contributed by atoms with Gasteiger partial charge in [-0.2, -0.15) is 0 Å². The number of anilines is 1. The molecule has 1 atom stereocenters. The van der Waals surface area contributed by atoms with Crippen molar-refractivity contribution in [2.45, 2.75) is 26.4 Å². The van der Waals surface area contributed by atoms with E-state index in [-0.39, 0.29) is 18.5 Å². The highest BCUT2D eigenvalue weighted by Crippen LogP contribution is 2.14. The molecule has 0 bridgehead atoms. The first-order valence-corrected chi connectivity index (χ1v) is 7.33. The van der Waals surface area contributed by atoms with Gasteiger partial charge in [-0.3, -0.25) is 0 Å². The quantitative estimate of drug-likeness (QED) is 0.718. The first-order chi connectivity index (χ1) is 9.83. The van der Waals surface area contributed by atoms with Gasteiger partial charge in [-0.25, -0.2) is 4.79 Å². The van der Waals surface area contributed by atoms with Crippen molar-refractivity contribution in [3.63, 3.8) is 0 Å². The molecule has 0 aromatic heterocycles. The van der Waals surface area contributed by atoms with Crippen LogP contribution in [0.25, 0.3) is 0 Å². The molecule has 21 heavy (non-hydrogen) atoms. The SMILES string of the molecule is CC(C)C(C)(O)CNC(=O)NCCN(C)c1ccccc1. The molecule has 3 N–H and O–H groups in total. The van der Waals surface area contributed by atoms with Gasteiger partial charge in [-0.05, 0) is 25.0 Å². The van der Waals surface area contributed by atoms with Crippen LogP contribution in [0.4, 0.5) is 10.5 Å². The minimum atomic E-state index is -0.891. The molecule has 0 saturated carbocycles. The summed E-state index contributed by atoms with van der Waals surface area (Å²) in [5.74, 6) is 0.0852. The number of rotatable bonds is 7. The molecule has 1 unspecified atom stereocenters. The van der Waals surface area contributed by atoms with Crippen LogP contribution < -0.4 is 15.5 Å². The summed E-state index contributed by atoms with van der Waals surface area (Å²) in [6.07, 6.45) is 0. The average molecular weight is 293 g/mol. The predicted molar refractivity (Wildman–Crippen MR) is 86.6 cm³/mol. The van der Waals surface area contributed by atoms with E-state index in [2.05, 4.69) is 15.5 Å². The molecule has 0 aliphatic carbocycles. The molecule has 0 aliphatic rings. The lowest BCUT2D eigenvalue weighted by Crippen LogP contribution is -2.48. The lowest BCUT2D eigenvalue weighted by molar-refractivity contribution is 0.0166. The zero-order valence-corrected chi connectivity index (χ0v) is 13.4. The highest BCUT2D eigenvalue weighted by molar-refractivity contribution is 5.73. The summed E-state index contributed by atoms with van der Waals surface area (Å²) in [5, 5.41) is 15.5. The summed E-state index contributed by atoms with van der Waals surface area (Å²) >= 11 is 0. The Kier molecular flexibility index (Phi) is 6.49. The number of hydrogen-bond donors (Lipinski definition) is 3. The molecule has 0 fully saturated rings. The van der Waals surface area contributed by atoms with E-state index in [1.807, 2.05) is 51.2 Å². The third-order valence-electron chi connectivity index (χ3n) is 3.78. The maximum atomic E-state index is 11.7. The molecule has 0 heterocycles. The number of likely N-dealkylation sites (N-methyl/N-ethyl adjacent to an activating group) is 1. The van der Waals surface area contributed by atoms with E-state index in [1.165, 1.54) is 0 Å². The van der Waals surface area contributed by atoms with Crippen LogP contribution in [0.5, 0.6) is 0 Å². The van der Waals surface area contributed by atoms with Gasteiger partial charge in [-0.15, -0.1) is 0 Å². The van der Waals surface area contributed by atoms with Crippen molar-refractivity contribution in [1.82, 2.24) is 10.6 Å². The molecule has 0 radical (unpaired) electrons. The Balaban J connectivity index is 2.25. The Morgan fingerprint density at radius 3 is 2.48 bits per heavy atom. The number of para-hydroxylation sites is 1. The van der Waals surface area contributed by atoms with Crippen molar-refractivity contribution in [1.29, 1.82) is 0 Å². The molecule has 0 aliphatic heterocycles. The molecule has 118 valence electrons. The molecule has 1 aromatic carbocycles. The van der Waals surface area contributed by atoms with Gasteiger partial charge >= 0.3 is 6.03 Å². The van der Waals surface area contributed by atoms with Gasteiger partial charge in [0.15, 0.2) is 0 Å². The van der Waals surface area contributed by atoms with E-state index >= 15 is 0 Å². The summed E-state index contributed by atoms with van der Waals surface area (Å²) in [4.78, 5) is 13.8. The van der Waals surface area contributed by atoms with Crippen molar-refractivity contribution in [3.05, 3.63) is 30.3 Å². The van der Waals surface area contributed by atoms with E-state index in [4.69, 9.17) is 0 Å². The van der Waals surface area contributed by atoms with E-state index in [1.54, 1.807) is 6.92 Å². The second kappa shape index (κ2) is 7.88. The summed E-state index contributed by atoms with van der Waals surface area (Å²) in [6.45, 7) is 7.08. The smallest absolute Gasteiger partial charge is 0.314 e. The number of aliphatic hydroxyl groups is 1. The third kappa shape index (κ3) is 6.04. The Bertz CT molecular complexity index is 432. The van der Waals surface area contributed by atoms with Crippen LogP contribution in [0.2, 0.25) is 0 Å². The fraction of sp³-hybridized carbons (Fsp3) is 0.562. The second-order valence-corrected chi connectivity index (χ2v) is 5.88. The number of urea groups is 1. The van der Waals surface area contributed by atoms with E-state index in [0.29, 0.717) is 6.54 Å². The van der Waals surface area contributed by atoms with Crippen LogP contribution in [0.1, 0.15) is 20.8 Å². The summed E-state index contributed by atoms with van der Waals surface area (Å²) in [7, 11) is 1.98. The van der Waals surface area contributed by atoms with Crippen LogP contribution in [-0.4, -0.2) is 43.4 Å². The van der Waals surface area contributed by atoms with Crippen molar-refractivity contribution in [3.8, 4) is 0 Å². The molecular weight excluding hydrogens is 266 g/mol. The molecule has 1 rings (SSSR count). The van der Waals surface area contributed by atoms with Gasteiger partial charge in [0.25, 0.3) is 0 Å². The number of carbonyl (C=O) groups excluding carboxylic acids is 1. The fourth-order valence-corrected chi connectivity index (χ4v) is 1.67. The predicted octanol–water partition coefficient (Wildman–Crippen LogP) is 1.83. The van der Waals surface area contributed by atoms with E-state index < -0.39 is 5.60 Å². The standard InChI is InChI=1S/C16H27N3O2/c1-13(2)16(3,21)12-18-15(20)17-10-11-19(4)14-8-6-5-7-9-14/h5-9,13,21H,10-12H2,1-4H3,(H2,17,18,20). The largest absolute Gasteiger partial charge is 0.388 e. The number of carbonyl (C=O) groups is 1. The minimum Gasteiger partial charge on any atom is -0.388 e. The molecule has 5 heteroatoms. The van der Waals surface area contributed by atoms with Gasteiger partial charge in [-0.1, -0.05) is 32.0 Å². The fourth-order valence-electron chi connectivity index (χ4n) is 1.67. The summed E-state index contributed by atoms with van der Waals surface area (Å²) in [5.41, 5.74) is 0.223. The second-order valence-electron chi connectivity index (χ2n) is 5.88. The van der Waals surface area contributed by atoms with Crippen molar-refractivity contribution < 1.29 is 9.90 Å². The van der Waals surface area contributed by atoms with Gasteiger partial charge in [0.05, 0.1) is 5.60 Å². The molecule has 2 amide bonds. The summed E-state index contributed by atoms with van der Waals surface area (Å²) in [6, 6.07) is 9.75. The highest BCUT2D eigenvalue weighted by atomic mass is 16.3. The Morgan fingerprint density at radius 1 is 1.29 bits per heavy atom. The number of benzene rings is 1. The monoisotopic (exact) mass is 293 g/mol. The van der Waals surface area contributed by atoms with Crippen molar-refractivity contribution >= 4 is 11.7 Å². The number of amides is 2. The van der Waals surface area contributed by atoms with Crippen molar-refractivity contribution in [2.75, 3.05) is 31.6 Å². The number of nitrogens with zero attached hydrogens (tertiary/aromatic N) is 1. The minimum absolute atomic E-state index is 0.0852. The van der Waals surface area contributed by atoms with Crippen LogP contribution in [0.3, 0.4) is 0 Å². The normalized spacial score (nSPS) is 13.6. The molecule has 5 nitrogen and oxygen atoms in total. The summed E-state index contributed by atoms with van der Waals surface area (Å²) < 4.78 is 0. The third-order valence-corrected chi connectivity index (χ3v) is 3.78. The van der Waals surface area contributed by atoms with Gasteiger partial charge < -0.3 is 20.6 Å². The lowest BCUT2D eigenvalue weighted by atomic mass is 9.93. The Morgan fingerprint density at radius 2 is 1.90 bits per heavy atom. The van der Waals surface area contributed by atoms with Crippen molar-refractivity contribution in [2.24, 2.45) is 5.92 Å². The van der Waals surface area contributed by atoms with E-state index in [9.17, 15) is 9.90 Å². The van der Waals surface area contributed by atoms with Gasteiger partial charge in [0.1, 0.15) is 0 Å². The van der Waals surface area contributed by atoms with Crippen LogP contribution >= 0.6 is 0 Å². The van der Waals surface area contributed by atoms with Crippen LogP contribution in [-0.2, 0) is 0 Å². The van der Waals surface area contributed by atoms with Gasteiger partial charge in [0, 0.05) is 32.4 Å². The van der Waals surface area contributed by atoms with Gasteiger partial charge in [0.2, 0.25) is 0 Å². The molecule has 0 spiro atoms. The van der Waals surface area contributed by atoms with Crippen LogP contribution in [0, 0.1) is 5.92 Å². The number of hydrogen-bond acceptors (Lipinski definition) is 3. The first-order valence-electron chi connectivity index (χ1n) is 7.33. The Labute approximate surface area is 127 Å². The Hall–Kier alpha value is -1.75. The highest BCUT2D eigenvalue weighted by Gasteiger charge is 2.25. The molecule has 1 aromatic rings. The maximum Gasteiger partial charge on any atom is 0.314 e. The maximum absolute atomic E-state index is 11.7. The first kappa shape index (κ1) is 17.3. The zero-order valence-electron chi connectivity index (χ0n) is 13.4. The topological polar surface area (TPSA) is 64.6 Å². The average Bonchev–Trinajstić information content (AvgIpc) is 2.46. The zero-order chi connectivity index (χ0) is 15.9. The van der Waals surface area contributed by atoms with E-state index in [0.717, 1.165) is 12.2 Å². The number of nitrogens with one attached hydrogen (secondary N) is 2. The van der Waals surface area contributed by atoms with Crippen LogP contribution in [0.15, 0.2) is 30.3 Å². The molecule has 0 saturated heterocycles. The molecular formula is C16H27N3O2. The lowest BCUT2D eigenvalue weighted by Gasteiger charge is -2.28.